The van der Waals surface area contributed by atoms with Crippen LogP contribution in [0.3, 0.4) is 0 Å². The minimum Gasteiger partial charge on any atom is -0.317 e. The van der Waals surface area contributed by atoms with Gasteiger partial charge in [0.2, 0.25) is 0 Å². The van der Waals surface area contributed by atoms with E-state index >= 15 is 0 Å². The zero-order chi connectivity index (χ0) is 8.55. The Morgan fingerprint density at radius 1 is 1.17 bits per heavy atom. The molecular formula is C10H20N2. The average Bonchev–Trinajstić information content (AvgIpc) is 2.04. The van der Waals surface area contributed by atoms with Gasteiger partial charge in [-0.05, 0) is 39.8 Å². The molecule has 2 rings (SSSR count). The first-order valence-corrected chi connectivity index (χ1v) is 5.20. The van der Waals surface area contributed by atoms with Crippen molar-refractivity contribution in [1.29, 1.82) is 0 Å². The number of rotatable bonds is 1. The number of hydrogen-bond donors (Lipinski definition) is 1. The third-order valence-corrected chi connectivity index (χ3v) is 3.75. The van der Waals surface area contributed by atoms with Gasteiger partial charge in [-0.15, -0.1) is 0 Å². The van der Waals surface area contributed by atoms with E-state index < -0.39 is 0 Å². The molecule has 0 aromatic rings. The minimum atomic E-state index is 0.788. The van der Waals surface area contributed by atoms with Crippen LogP contribution >= 0.6 is 0 Å². The third-order valence-electron chi connectivity index (χ3n) is 3.75. The molecule has 0 spiro atoms. The quantitative estimate of drug-likeness (QED) is 0.633. The second kappa shape index (κ2) is 3.35. The maximum absolute atomic E-state index is 3.43. The van der Waals surface area contributed by atoms with Crippen molar-refractivity contribution >= 4 is 0 Å². The summed E-state index contributed by atoms with van der Waals surface area (Å²) in [6.07, 6.45) is 7.03. The lowest BCUT2D eigenvalue weighted by Gasteiger charge is -2.47. The van der Waals surface area contributed by atoms with Gasteiger partial charge in [-0.1, -0.05) is 6.42 Å². The average molecular weight is 168 g/mol. The lowest BCUT2D eigenvalue weighted by atomic mass is 9.82. The van der Waals surface area contributed by atoms with Gasteiger partial charge < -0.3 is 10.2 Å². The van der Waals surface area contributed by atoms with Crippen LogP contribution in [0.2, 0.25) is 0 Å². The summed E-state index contributed by atoms with van der Waals surface area (Å²) in [6, 6.07) is 2.53. The smallest absolute Gasteiger partial charge is 0.0110 e. The molecule has 0 aliphatic carbocycles. The van der Waals surface area contributed by atoms with Crippen LogP contribution < -0.4 is 5.32 Å². The highest BCUT2D eigenvalue weighted by Gasteiger charge is 2.34. The van der Waals surface area contributed by atoms with Crippen LogP contribution in [0.15, 0.2) is 0 Å². The van der Waals surface area contributed by atoms with Crippen molar-refractivity contribution in [2.45, 2.75) is 50.2 Å². The van der Waals surface area contributed by atoms with Gasteiger partial charge in [0.25, 0.3) is 0 Å². The van der Waals surface area contributed by atoms with Crippen molar-refractivity contribution < 1.29 is 0 Å². The molecule has 0 aromatic heterocycles. The van der Waals surface area contributed by atoms with Gasteiger partial charge in [0.05, 0.1) is 0 Å². The summed E-state index contributed by atoms with van der Waals surface area (Å²) in [5, 5.41) is 3.43. The Bertz CT molecular complexity index is 144. The second-order valence-corrected chi connectivity index (χ2v) is 4.36. The van der Waals surface area contributed by atoms with Gasteiger partial charge in [-0.25, -0.2) is 0 Å². The van der Waals surface area contributed by atoms with E-state index in [9.17, 15) is 0 Å². The minimum absolute atomic E-state index is 0.788. The van der Waals surface area contributed by atoms with Gasteiger partial charge in [-0.3, -0.25) is 0 Å². The van der Waals surface area contributed by atoms with Gasteiger partial charge in [0.15, 0.2) is 0 Å². The molecular weight excluding hydrogens is 148 g/mol. The highest BCUT2D eigenvalue weighted by molar-refractivity contribution is 4.92. The molecule has 2 aliphatic heterocycles. The standard InChI is InChI=1S/C10H20N2/c1-11-8-6-9-4-3-5-10(7-8)12(9)2/h8-11H,3-7H2,1-2H3/t8?,9-,10+. The Hall–Kier alpha value is -0.0800. The van der Waals surface area contributed by atoms with Crippen LogP contribution in [0.4, 0.5) is 0 Å². The molecule has 3 atom stereocenters. The zero-order valence-corrected chi connectivity index (χ0v) is 8.21. The van der Waals surface area contributed by atoms with Crippen molar-refractivity contribution in [2.75, 3.05) is 14.1 Å². The highest BCUT2D eigenvalue weighted by atomic mass is 15.2. The first-order valence-electron chi connectivity index (χ1n) is 5.20. The van der Waals surface area contributed by atoms with E-state index in [2.05, 4.69) is 24.3 Å². The topological polar surface area (TPSA) is 15.3 Å². The van der Waals surface area contributed by atoms with E-state index in [0.717, 1.165) is 18.1 Å². The lowest BCUT2D eigenvalue weighted by Crippen LogP contribution is -2.53. The van der Waals surface area contributed by atoms with Crippen LogP contribution in [0.25, 0.3) is 0 Å². The van der Waals surface area contributed by atoms with Crippen LogP contribution in [0, 0.1) is 0 Å². The number of nitrogens with zero attached hydrogens (tertiary/aromatic N) is 1. The zero-order valence-electron chi connectivity index (χ0n) is 8.21. The van der Waals surface area contributed by atoms with Crippen molar-refractivity contribution in [1.82, 2.24) is 10.2 Å². The number of nitrogens with one attached hydrogen (secondary N) is 1. The summed E-state index contributed by atoms with van der Waals surface area (Å²) in [5.74, 6) is 0. The molecule has 1 N–H and O–H groups in total. The first kappa shape index (κ1) is 8.52. The fourth-order valence-corrected chi connectivity index (χ4v) is 2.85. The summed E-state index contributed by atoms with van der Waals surface area (Å²) in [4.78, 5) is 2.61. The van der Waals surface area contributed by atoms with Crippen LogP contribution in [0.5, 0.6) is 0 Å². The predicted octanol–water partition coefficient (Wildman–Crippen LogP) is 1.22. The van der Waals surface area contributed by atoms with E-state index in [1.165, 1.54) is 32.1 Å². The first-order chi connectivity index (χ1) is 5.81. The van der Waals surface area contributed by atoms with Crippen molar-refractivity contribution in [3.63, 3.8) is 0 Å². The molecule has 2 saturated heterocycles. The summed E-state index contributed by atoms with van der Waals surface area (Å²) < 4.78 is 0. The summed E-state index contributed by atoms with van der Waals surface area (Å²) >= 11 is 0. The van der Waals surface area contributed by atoms with Crippen molar-refractivity contribution in [3.05, 3.63) is 0 Å². The van der Waals surface area contributed by atoms with Gasteiger partial charge in [0, 0.05) is 18.1 Å². The maximum Gasteiger partial charge on any atom is 0.0110 e. The molecule has 0 radical (unpaired) electrons. The van der Waals surface area contributed by atoms with E-state index in [0.29, 0.717) is 0 Å². The molecule has 2 heteroatoms. The normalized spacial score (nSPS) is 43.0. The Labute approximate surface area is 75.3 Å². The Morgan fingerprint density at radius 3 is 2.25 bits per heavy atom. The molecule has 0 saturated carbocycles. The molecule has 12 heavy (non-hydrogen) atoms. The van der Waals surface area contributed by atoms with Crippen LogP contribution in [-0.4, -0.2) is 37.1 Å². The number of hydrogen-bond acceptors (Lipinski definition) is 2. The monoisotopic (exact) mass is 168 g/mol. The van der Waals surface area contributed by atoms with Crippen LogP contribution in [0.1, 0.15) is 32.1 Å². The molecule has 2 nitrogen and oxygen atoms in total. The van der Waals surface area contributed by atoms with E-state index in [4.69, 9.17) is 0 Å². The fourth-order valence-electron chi connectivity index (χ4n) is 2.85. The van der Waals surface area contributed by atoms with Crippen molar-refractivity contribution in [2.24, 2.45) is 0 Å². The highest BCUT2D eigenvalue weighted by Crippen LogP contribution is 2.32. The molecule has 70 valence electrons. The van der Waals surface area contributed by atoms with Gasteiger partial charge >= 0.3 is 0 Å². The lowest BCUT2D eigenvalue weighted by molar-refractivity contribution is 0.0504. The molecule has 1 unspecified atom stereocenters. The van der Waals surface area contributed by atoms with Gasteiger partial charge in [-0.2, -0.15) is 0 Å². The number of piperidine rings is 2. The van der Waals surface area contributed by atoms with Crippen molar-refractivity contribution in [3.8, 4) is 0 Å². The fraction of sp³-hybridized carbons (Fsp3) is 1.00. The van der Waals surface area contributed by atoms with Crippen LogP contribution in [-0.2, 0) is 0 Å². The molecule has 0 amide bonds. The van der Waals surface area contributed by atoms with Gasteiger partial charge in [0.1, 0.15) is 0 Å². The molecule has 2 bridgehead atoms. The SMILES string of the molecule is CNC1C[C@H]2CCC[C@@H](C1)N2C. The molecule has 2 aliphatic rings. The predicted molar refractivity (Wildman–Crippen MR) is 51.3 cm³/mol. The number of fused-ring (bicyclic) bond motifs is 2. The second-order valence-electron chi connectivity index (χ2n) is 4.36. The Morgan fingerprint density at radius 2 is 1.75 bits per heavy atom. The largest absolute Gasteiger partial charge is 0.317 e. The summed E-state index contributed by atoms with van der Waals surface area (Å²) in [5.41, 5.74) is 0. The molecule has 0 aromatic carbocycles. The van der Waals surface area contributed by atoms with E-state index in [-0.39, 0.29) is 0 Å². The van der Waals surface area contributed by atoms with E-state index in [1.807, 2.05) is 0 Å². The molecule has 2 heterocycles. The maximum atomic E-state index is 3.43. The van der Waals surface area contributed by atoms with E-state index in [1.54, 1.807) is 0 Å². The Balaban J connectivity index is 2.02. The summed E-state index contributed by atoms with van der Waals surface area (Å²) in [7, 11) is 4.41. The Kier molecular flexibility index (Phi) is 2.37. The summed E-state index contributed by atoms with van der Waals surface area (Å²) in [6.45, 7) is 0. The third kappa shape index (κ3) is 1.38. The molecule has 2 fully saturated rings.